The number of halogens is 4. The quantitative estimate of drug-likeness (QED) is 0.644. The number of alkyl halides is 3. The van der Waals surface area contributed by atoms with Crippen LogP contribution in [0, 0.1) is 0 Å². The molecule has 0 aliphatic carbocycles. The van der Waals surface area contributed by atoms with Crippen LogP contribution < -0.4 is 10.5 Å². The van der Waals surface area contributed by atoms with Gasteiger partial charge in [-0.3, -0.25) is 0 Å². The Morgan fingerprint density at radius 3 is 2.30 bits per heavy atom. The first-order chi connectivity index (χ1) is 12.5. The lowest BCUT2D eigenvalue weighted by molar-refractivity contribution is -0.137. The SMILES string of the molecule is Cl.NCc1cc(C(F)(F)F)ccc1-c1ccc(OCc2ccccc2)nc1. The molecule has 7 heteroatoms. The van der Waals surface area contributed by atoms with Gasteiger partial charge < -0.3 is 10.5 Å². The summed E-state index contributed by atoms with van der Waals surface area (Å²) in [5.41, 5.74) is 7.67. The Morgan fingerprint density at radius 1 is 0.963 bits per heavy atom. The summed E-state index contributed by atoms with van der Waals surface area (Å²) in [5, 5.41) is 0. The highest BCUT2D eigenvalue weighted by atomic mass is 35.5. The number of hydrogen-bond donors (Lipinski definition) is 1. The molecule has 0 saturated heterocycles. The Kier molecular flexibility index (Phi) is 6.82. The lowest BCUT2D eigenvalue weighted by atomic mass is 9.98. The van der Waals surface area contributed by atoms with E-state index in [1.807, 2.05) is 30.3 Å². The Morgan fingerprint density at radius 2 is 1.70 bits per heavy atom. The van der Waals surface area contributed by atoms with Gasteiger partial charge in [0.1, 0.15) is 6.61 Å². The summed E-state index contributed by atoms with van der Waals surface area (Å²) in [6.07, 6.45) is -2.82. The van der Waals surface area contributed by atoms with Crippen LogP contribution in [0.4, 0.5) is 13.2 Å². The molecular weight excluding hydrogens is 377 g/mol. The molecule has 3 aromatic rings. The van der Waals surface area contributed by atoms with Crippen molar-refractivity contribution in [2.75, 3.05) is 0 Å². The molecule has 142 valence electrons. The minimum atomic E-state index is -4.39. The molecule has 0 saturated carbocycles. The first-order valence-electron chi connectivity index (χ1n) is 8.00. The van der Waals surface area contributed by atoms with E-state index in [-0.39, 0.29) is 19.0 Å². The van der Waals surface area contributed by atoms with Gasteiger partial charge in [0.25, 0.3) is 0 Å². The lowest BCUT2D eigenvalue weighted by Crippen LogP contribution is -2.08. The predicted molar refractivity (Wildman–Crippen MR) is 101 cm³/mol. The average Bonchev–Trinajstić information content (AvgIpc) is 2.66. The van der Waals surface area contributed by atoms with Gasteiger partial charge in [0.15, 0.2) is 0 Å². The minimum Gasteiger partial charge on any atom is -0.473 e. The summed E-state index contributed by atoms with van der Waals surface area (Å²) in [6, 6.07) is 16.7. The van der Waals surface area contributed by atoms with E-state index in [4.69, 9.17) is 10.5 Å². The molecule has 27 heavy (non-hydrogen) atoms. The highest BCUT2D eigenvalue weighted by Gasteiger charge is 2.30. The van der Waals surface area contributed by atoms with E-state index in [9.17, 15) is 13.2 Å². The second-order valence-corrected chi connectivity index (χ2v) is 5.73. The van der Waals surface area contributed by atoms with Crippen molar-refractivity contribution in [3.8, 4) is 17.0 Å². The molecular formula is C20H18ClF3N2O. The van der Waals surface area contributed by atoms with Crippen LogP contribution in [0.5, 0.6) is 5.88 Å². The second kappa shape index (κ2) is 8.88. The zero-order chi connectivity index (χ0) is 18.6. The van der Waals surface area contributed by atoms with Gasteiger partial charge in [0.05, 0.1) is 5.56 Å². The monoisotopic (exact) mass is 394 g/mol. The van der Waals surface area contributed by atoms with E-state index < -0.39 is 11.7 Å². The zero-order valence-electron chi connectivity index (χ0n) is 14.2. The van der Waals surface area contributed by atoms with Crippen molar-refractivity contribution >= 4 is 12.4 Å². The van der Waals surface area contributed by atoms with Crippen molar-refractivity contribution in [2.45, 2.75) is 19.3 Å². The molecule has 0 bridgehead atoms. The third-order valence-corrected chi connectivity index (χ3v) is 3.93. The fourth-order valence-electron chi connectivity index (χ4n) is 2.58. The highest BCUT2D eigenvalue weighted by molar-refractivity contribution is 5.85. The first-order valence-corrected chi connectivity index (χ1v) is 8.00. The number of rotatable bonds is 5. The van der Waals surface area contributed by atoms with E-state index in [0.717, 1.165) is 17.7 Å². The Hall–Kier alpha value is -2.57. The number of nitrogens with zero attached hydrogens (tertiary/aromatic N) is 1. The van der Waals surface area contributed by atoms with Crippen molar-refractivity contribution in [1.29, 1.82) is 0 Å². The number of nitrogens with two attached hydrogens (primary N) is 1. The smallest absolute Gasteiger partial charge is 0.416 e. The molecule has 2 aromatic carbocycles. The highest BCUT2D eigenvalue weighted by Crippen LogP contribution is 2.33. The molecule has 0 spiro atoms. The number of aromatic nitrogens is 1. The summed E-state index contributed by atoms with van der Waals surface area (Å²) in [4.78, 5) is 4.23. The summed E-state index contributed by atoms with van der Waals surface area (Å²) in [5.74, 6) is 0.443. The van der Waals surface area contributed by atoms with E-state index in [1.165, 1.54) is 6.07 Å². The Bertz CT molecular complexity index is 869. The maximum absolute atomic E-state index is 12.8. The Labute approximate surface area is 161 Å². The van der Waals surface area contributed by atoms with Crippen LogP contribution in [0.25, 0.3) is 11.1 Å². The fraction of sp³-hybridized carbons (Fsp3) is 0.150. The third kappa shape index (κ3) is 5.21. The first kappa shape index (κ1) is 20.7. The minimum absolute atomic E-state index is 0. The van der Waals surface area contributed by atoms with Gasteiger partial charge in [-0.2, -0.15) is 13.2 Å². The van der Waals surface area contributed by atoms with E-state index in [2.05, 4.69) is 4.98 Å². The molecule has 0 unspecified atom stereocenters. The summed E-state index contributed by atoms with van der Waals surface area (Å²) >= 11 is 0. The average molecular weight is 395 g/mol. The third-order valence-electron chi connectivity index (χ3n) is 3.93. The normalized spacial score (nSPS) is 11.0. The molecule has 1 aromatic heterocycles. The van der Waals surface area contributed by atoms with Crippen LogP contribution in [0.15, 0.2) is 66.9 Å². The molecule has 0 radical (unpaired) electrons. The van der Waals surface area contributed by atoms with Crippen molar-refractivity contribution in [2.24, 2.45) is 5.73 Å². The maximum Gasteiger partial charge on any atom is 0.416 e. The van der Waals surface area contributed by atoms with Gasteiger partial charge in [0.2, 0.25) is 5.88 Å². The standard InChI is InChI=1S/C20H17F3N2O.ClH/c21-20(22,23)17-7-8-18(16(10-17)11-24)15-6-9-19(25-12-15)26-13-14-4-2-1-3-5-14;/h1-10,12H,11,13,24H2;1H. The molecule has 0 amide bonds. The molecule has 0 fully saturated rings. The largest absolute Gasteiger partial charge is 0.473 e. The molecule has 0 aliphatic heterocycles. The number of pyridine rings is 1. The van der Waals surface area contributed by atoms with Gasteiger partial charge in [-0.05, 0) is 34.9 Å². The molecule has 2 N–H and O–H groups in total. The van der Waals surface area contributed by atoms with E-state index in [1.54, 1.807) is 18.3 Å². The van der Waals surface area contributed by atoms with Crippen LogP contribution in [0.1, 0.15) is 16.7 Å². The van der Waals surface area contributed by atoms with Gasteiger partial charge in [-0.1, -0.05) is 36.4 Å². The van der Waals surface area contributed by atoms with Crippen LogP contribution >= 0.6 is 12.4 Å². The van der Waals surface area contributed by atoms with Crippen LogP contribution in [0.3, 0.4) is 0 Å². The fourth-order valence-corrected chi connectivity index (χ4v) is 2.58. The molecule has 0 atom stereocenters. The zero-order valence-corrected chi connectivity index (χ0v) is 15.1. The summed E-state index contributed by atoms with van der Waals surface area (Å²) in [6.45, 7) is 0.396. The van der Waals surface area contributed by atoms with Gasteiger partial charge in [-0.25, -0.2) is 4.98 Å². The maximum atomic E-state index is 12.8. The van der Waals surface area contributed by atoms with Crippen molar-refractivity contribution in [1.82, 2.24) is 4.98 Å². The number of benzene rings is 2. The van der Waals surface area contributed by atoms with E-state index in [0.29, 0.717) is 29.2 Å². The molecule has 0 aliphatic rings. The van der Waals surface area contributed by atoms with Gasteiger partial charge in [0, 0.05) is 24.4 Å². The number of ether oxygens (including phenoxy) is 1. The Balaban J connectivity index is 0.00000261. The summed E-state index contributed by atoms with van der Waals surface area (Å²) in [7, 11) is 0. The van der Waals surface area contributed by atoms with Crippen LogP contribution in [-0.2, 0) is 19.3 Å². The van der Waals surface area contributed by atoms with Crippen LogP contribution in [0.2, 0.25) is 0 Å². The topological polar surface area (TPSA) is 48.1 Å². The lowest BCUT2D eigenvalue weighted by Gasteiger charge is -2.13. The summed E-state index contributed by atoms with van der Waals surface area (Å²) < 4.78 is 44.2. The molecule has 3 rings (SSSR count). The second-order valence-electron chi connectivity index (χ2n) is 5.73. The molecule has 3 nitrogen and oxygen atoms in total. The predicted octanol–water partition coefficient (Wildman–Crippen LogP) is 5.23. The van der Waals surface area contributed by atoms with Crippen molar-refractivity contribution in [3.63, 3.8) is 0 Å². The van der Waals surface area contributed by atoms with Crippen molar-refractivity contribution < 1.29 is 17.9 Å². The van der Waals surface area contributed by atoms with Crippen molar-refractivity contribution in [3.05, 3.63) is 83.6 Å². The van der Waals surface area contributed by atoms with Crippen LogP contribution in [-0.4, -0.2) is 4.98 Å². The number of hydrogen-bond acceptors (Lipinski definition) is 3. The van der Waals surface area contributed by atoms with E-state index >= 15 is 0 Å². The van der Waals surface area contributed by atoms with Gasteiger partial charge in [-0.15, -0.1) is 12.4 Å². The van der Waals surface area contributed by atoms with Gasteiger partial charge >= 0.3 is 6.18 Å². The molecule has 1 heterocycles.